The topological polar surface area (TPSA) is 47.6 Å². The molecule has 0 bridgehead atoms. The number of aryl methyl sites for hydroxylation is 1. The van der Waals surface area contributed by atoms with Crippen molar-refractivity contribution in [1.29, 1.82) is 0 Å². The van der Waals surface area contributed by atoms with E-state index in [1.54, 1.807) is 6.92 Å². The molecule has 0 aliphatic rings. The molecule has 0 unspecified atom stereocenters. The molecule has 4 nitrogen and oxygen atoms in total. The number of nitrogens with one attached hydrogen (secondary N) is 1. The van der Waals surface area contributed by atoms with Gasteiger partial charge >= 0.3 is 0 Å². The predicted molar refractivity (Wildman–Crippen MR) is 95.3 cm³/mol. The normalized spacial score (nSPS) is 11.9. The average Bonchev–Trinajstić information content (AvgIpc) is 2.55. The lowest BCUT2D eigenvalue weighted by atomic mass is 10.2. The number of amides is 1. The van der Waals surface area contributed by atoms with Gasteiger partial charge in [-0.2, -0.15) is 0 Å². The van der Waals surface area contributed by atoms with Gasteiger partial charge in [0.25, 0.3) is 5.91 Å². The molecular formula is C20H25NO3. The van der Waals surface area contributed by atoms with E-state index in [9.17, 15) is 4.79 Å². The van der Waals surface area contributed by atoms with Crippen LogP contribution in [0.25, 0.3) is 0 Å². The Morgan fingerprint density at radius 2 is 1.46 bits per heavy atom. The fourth-order valence-corrected chi connectivity index (χ4v) is 2.17. The van der Waals surface area contributed by atoms with Gasteiger partial charge in [0.1, 0.15) is 11.5 Å². The fourth-order valence-electron chi connectivity index (χ4n) is 2.17. The summed E-state index contributed by atoms with van der Waals surface area (Å²) in [7, 11) is 0. The van der Waals surface area contributed by atoms with E-state index >= 15 is 0 Å². The molecule has 0 saturated heterocycles. The number of rotatable bonds is 7. The number of benzene rings is 2. The van der Waals surface area contributed by atoms with Crippen LogP contribution in [0.1, 0.15) is 31.9 Å². The first kappa shape index (κ1) is 17.9. The molecule has 0 saturated carbocycles. The SMILES string of the molecule is Cc1ccc(O[C@H](C)C(=O)NCc2ccc(OC(C)C)cc2)cc1. The second-order valence-corrected chi connectivity index (χ2v) is 6.10. The molecule has 128 valence electrons. The molecule has 1 atom stereocenters. The van der Waals surface area contributed by atoms with Crippen LogP contribution in [0.2, 0.25) is 0 Å². The standard InChI is InChI=1S/C20H25NO3/c1-14(2)23-18-11-7-17(8-12-18)13-21-20(22)16(4)24-19-9-5-15(3)6-10-19/h5-12,14,16H,13H2,1-4H3,(H,21,22)/t16-/m1/s1. The number of hydrogen-bond acceptors (Lipinski definition) is 3. The van der Waals surface area contributed by atoms with Crippen LogP contribution < -0.4 is 14.8 Å². The van der Waals surface area contributed by atoms with Crippen LogP contribution >= 0.6 is 0 Å². The minimum absolute atomic E-state index is 0.141. The molecule has 0 aliphatic heterocycles. The molecule has 2 aromatic rings. The smallest absolute Gasteiger partial charge is 0.261 e. The molecule has 0 radical (unpaired) electrons. The van der Waals surface area contributed by atoms with Gasteiger partial charge in [0.05, 0.1) is 6.10 Å². The zero-order valence-corrected chi connectivity index (χ0v) is 14.7. The minimum atomic E-state index is -0.545. The van der Waals surface area contributed by atoms with Crippen molar-refractivity contribution >= 4 is 5.91 Å². The van der Waals surface area contributed by atoms with Crippen molar-refractivity contribution < 1.29 is 14.3 Å². The highest BCUT2D eigenvalue weighted by Gasteiger charge is 2.14. The van der Waals surface area contributed by atoms with Crippen LogP contribution in [0.3, 0.4) is 0 Å². The first-order valence-electron chi connectivity index (χ1n) is 8.20. The molecule has 0 heterocycles. The summed E-state index contributed by atoms with van der Waals surface area (Å²) in [5.74, 6) is 1.38. The molecule has 0 fully saturated rings. The Labute approximate surface area is 143 Å². The lowest BCUT2D eigenvalue weighted by Crippen LogP contribution is -2.35. The Morgan fingerprint density at radius 1 is 0.917 bits per heavy atom. The van der Waals surface area contributed by atoms with Crippen molar-refractivity contribution in [2.75, 3.05) is 0 Å². The molecule has 2 aromatic carbocycles. The fraction of sp³-hybridized carbons (Fsp3) is 0.350. The highest BCUT2D eigenvalue weighted by atomic mass is 16.5. The first-order chi connectivity index (χ1) is 11.4. The molecule has 4 heteroatoms. The second kappa shape index (κ2) is 8.39. The summed E-state index contributed by atoms with van der Waals surface area (Å²) in [6.07, 6.45) is -0.397. The van der Waals surface area contributed by atoms with Gasteiger partial charge < -0.3 is 14.8 Å². The Bertz CT molecular complexity index is 648. The minimum Gasteiger partial charge on any atom is -0.491 e. The van der Waals surface area contributed by atoms with E-state index in [2.05, 4.69) is 5.32 Å². The van der Waals surface area contributed by atoms with Gasteiger partial charge in [0, 0.05) is 6.54 Å². The van der Waals surface area contributed by atoms with E-state index in [-0.39, 0.29) is 12.0 Å². The van der Waals surface area contributed by atoms with Crippen molar-refractivity contribution in [3.63, 3.8) is 0 Å². The third-order valence-electron chi connectivity index (χ3n) is 3.46. The van der Waals surface area contributed by atoms with Crippen molar-refractivity contribution in [1.82, 2.24) is 5.32 Å². The van der Waals surface area contributed by atoms with Crippen molar-refractivity contribution in [3.05, 3.63) is 59.7 Å². The van der Waals surface area contributed by atoms with Crippen molar-refractivity contribution in [3.8, 4) is 11.5 Å². The summed E-state index contributed by atoms with van der Waals surface area (Å²) < 4.78 is 11.3. The third kappa shape index (κ3) is 5.61. The summed E-state index contributed by atoms with van der Waals surface area (Å²) in [4.78, 5) is 12.1. The molecule has 1 amide bonds. The quantitative estimate of drug-likeness (QED) is 0.840. The zero-order valence-electron chi connectivity index (χ0n) is 14.7. The molecule has 0 spiro atoms. The highest BCUT2D eigenvalue weighted by molar-refractivity contribution is 5.80. The Balaban J connectivity index is 1.82. The monoisotopic (exact) mass is 327 g/mol. The van der Waals surface area contributed by atoms with Crippen LogP contribution in [-0.4, -0.2) is 18.1 Å². The van der Waals surface area contributed by atoms with Gasteiger partial charge in [0.2, 0.25) is 0 Å². The number of ether oxygens (including phenoxy) is 2. The van der Waals surface area contributed by atoms with Gasteiger partial charge in [0.15, 0.2) is 6.10 Å². The van der Waals surface area contributed by atoms with E-state index in [0.717, 1.165) is 16.9 Å². The summed E-state index contributed by atoms with van der Waals surface area (Å²) in [6, 6.07) is 15.4. The van der Waals surface area contributed by atoms with E-state index in [1.807, 2.05) is 69.3 Å². The number of carbonyl (C=O) groups is 1. The second-order valence-electron chi connectivity index (χ2n) is 6.10. The largest absolute Gasteiger partial charge is 0.491 e. The van der Waals surface area contributed by atoms with Crippen LogP contribution in [-0.2, 0) is 11.3 Å². The van der Waals surface area contributed by atoms with Crippen LogP contribution in [0.15, 0.2) is 48.5 Å². The van der Waals surface area contributed by atoms with Gasteiger partial charge in [-0.1, -0.05) is 29.8 Å². The predicted octanol–water partition coefficient (Wildman–Crippen LogP) is 3.87. The number of hydrogen-bond donors (Lipinski definition) is 1. The van der Waals surface area contributed by atoms with E-state index in [4.69, 9.17) is 9.47 Å². The molecule has 24 heavy (non-hydrogen) atoms. The van der Waals surface area contributed by atoms with Gasteiger partial charge in [-0.05, 0) is 57.5 Å². The van der Waals surface area contributed by atoms with E-state index in [1.165, 1.54) is 0 Å². The summed E-state index contributed by atoms with van der Waals surface area (Å²) in [6.45, 7) is 8.20. The molecule has 0 aliphatic carbocycles. The maximum atomic E-state index is 12.1. The van der Waals surface area contributed by atoms with E-state index in [0.29, 0.717) is 12.3 Å². The zero-order chi connectivity index (χ0) is 17.5. The first-order valence-corrected chi connectivity index (χ1v) is 8.20. The lowest BCUT2D eigenvalue weighted by Gasteiger charge is -2.15. The summed E-state index contributed by atoms with van der Waals surface area (Å²) >= 11 is 0. The molecular weight excluding hydrogens is 302 g/mol. The van der Waals surface area contributed by atoms with Crippen LogP contribution in [0.5, 0.6) is 11.5 Å². The maximum Gasteiger partial charge on any atom is 0.261 e. The molecule has 2 rings (SSSR count). The molecule has 0 aromatic heterocycles. The Kier molecular flexibility index (Phi) is 6.24. The Hall–Kier alpha value is -2.49. The number of carbonyl (C=O) groups excluding carboxylic acids is 1. The average molecular weight is 327 g/mol. The summed E-state index contributed by atoms with van der Waals surface area (Å²) in [5.41, 5.74) is 2.17. The third-order valence-corrected chi connectivity index (χ3v) is 3.46. The Morgan fingerprint density at radius 3 is 2.04 bits per heavy atom. The van der Waals surface area contributed by atoms with E-state index < -0.39 is 6.10 Å². The highest BCUT2D eigenvalue weighted by Crippen LogP contribution is 2.15. The summed E-state index contributed by atoms with van der Waals surface area (Å²) in [5, 5.41) is 2.89. The molecule has 1 N–H and O–H groups in total. The maximum absolute atomic E-state index is 12.1. The van der Waals surface area contributed by atoms with Crippen LogP contribution in [0.4, 0.5) is 0 Å². The van der Waals surface area contributed by atoms with Crippen molar-refractivity contribution in [2.24, 2.45) is 0 Å². The van der Waals surface area contributed by atoms with Crippen LogP contribution in [0, 0.1) is 6.92 Å². The van der Waals surface area contributed by atoms with Gasteiger partial charge in [-0.3, -0.25) is 4.79 Å². The van der Waals surface area contributed by atoms with Gasteiger partial charge in [-0.25, -0.2) is 0 Å². The van der Waals surface area contributed by atoms with Crippen molar-refractivity contribution in [2.45, 2.75) is 46.4 Å². The lowest BCUT2D eigenvalue weighted by molar-refractivity contribution is -0.127. The van der Waals surface area contributed by atoms with Gasteiger partial charge in [-0.15, -0.1) is 0 Å².